The highest BCUT2D eigenvalue weighted by molar-refractivity contribution is 14.1. The van der Waals surface area contributed by atoms with Gasteiger partial charge in [0.2, 0.25) is 5.95 Å². The van der Waals surface area contributed by atoms with E-state index in [1.807, 2.05) is 22.6 Å². The van der Waals surface area contributed by atoms with Gasteiger partial charge in [0.1, 0.15) is 6.67 Å². The molecule has 0 N–H and O–H groups in total. The summed E-state index contributed by atoms with van der Waals surface area (Å²) in [5, 5.41) is 0. The first-order valence-corrected chi connectivity index (χ1v) is 3.68. The topological polar surface area (TPSA) is 12.9 Å². The van der Waals surface area contributed by atoms with E-state index in [-0.39, 0.29) is 5.69 Å². The molecule has 1 aromatic heterocycles. The highest BCUT2D eigenvalue weighted by atomic mass is 127. The molecule has 1 nitrogen and oxygen atoms in total. The minimum absolute atomic E-state index is 0.143. The van der Waals surface area contributed by atoms with Gasteiger partial charge in [-0.05, 0) is 28.7 Å². The maximum atomic E-state index is 12.3. The fraction of sp³-hybridized carbons (Fsp3) is 0.167. The van der Waals surface area contributed by atoms with Gasteiger partial charge in [0.25, 0.3) is 0 Å². The van der Waals surface area contributed by atoms with Crippen molar-refractivity contribution in [3.63, 3.8) is 0 Å². The second kappa shape index (κ2) is 3.23. The zero-order valence-corrected chi connectivity index (χ0v) is 7.10. The Bertz CT molecular complexity index is 219. The molecule has 0 bridgehead atoms. The molecule has 1 heterocycles. The lowest BCUT2D eigenvalue weighted by Crippen LogP contribution is -1.90. The number of rotatable bonds is 1. The number of nitrogens with zero attached hydrogens (tertiary/aromatic N) is 1. The predicted octanol–water partition coefficient (Wildman–Crippen LogP) is 2.29. The SMILES string of the molecule is FCc1cc(I)cc(F)n1. The number of alkyl halides is 1. The van der Waals surface area contributed by atoms with Crippen LogP contribution in [0.1, 0.15) is 5.69 Å². The summed E-state index contributed by atoms with van der Waals surface area (Å²) >= 11 is 1.91. The molecular formula is C6H4F2IN. The van der Waals surface area contributed by atoms with Gasteiger partial charge in [-0.2, -0.15) is 4.39 Å². The maximum absolute atomic E-state index is 12.3. The largest absolute Gasteiger partial charge is 0.244 e. The lowest BCUT2D eigenvalue weighted by atomic mass is 10.4. The average molecular weight is 255 g/mol. The number of halogens is 3. The molecule has 0 saturated carbocycles. The van der Waals surface area contributed by atoms with Crippen LogP contribution in [0.25, 0.3) is 0 Å². The van der Waals surface area contributed by atoms with Gasteiger partial charge in [-0.3, -0.25) is 0 Å². The van der Waals surface area contributed by atoms with Crippen LogP contribution in [-0.2, 0) is 6.67 Å². The summed E-state index contributed by atoms with van der Waals surface area (Å²) in [6.07, 6.45) is 0. The third kappa shape index (κ3) is 1.86. The maximum Gasteiger partial charge on any atom is 0.214 e. The third-order valence-electron chi connectivity index (χ3n) is 0.949. The molecule has 0 spiro atoms. The lowest BCUT2D eigenvalue weighted by Gasteiger charge is -1.94. The van der Waals surface area contributed by atoms with Gasteiger partial charge in [-0.25, -0.2) is 9.37 Å². The van der Waals surface area contributed by atoms with E-state index in [4.69, 9.17) is 0 Å². The van der Waals surface area contributed by atoms with Crippen LogP contribution in [0, 0.1) is 9.52 Å². The summed E-state index contributed by atoms with van der Waals surface area (Å²) < 4.78 is 24.8. The van der Waals surface area contributed by atoms with Crippen LogP contribution in [0.2, 0.25) is 0 Å². The van der Waals surface area contributed by atoms with Crippen LogP contribution in [0.15, 0.2) is 12.1 Å². The summed E-state index contributed by atoms with van der Waals surface area (Å²) in [4.78, 5) is 3.31. The van der Waals surface area contributed by atoms with Crippen LogP contribution < -0.4 is 0 Å². The summed E-state index contributed by atoms with van der Waals surface area (Å²) in [6.45, 7) is -0.715. The van der Waals surface area contributed by atoms with Crippen molar-refractivity contribution in [3.05, 3.63) is 27.3 Å². The summed E-state index contributed by atoms with van der Waals surface area (Å²) in [5.74, 6) is -0.625. The fourth-order valence-corrected chi connectivity index (χ4v) is 1.20. The monoisotopic (exact) mass is 255 g/mol. The molecule has 1 rings (SSSR count). The second-order valence-electron chi connectivity index (χ2n) is 1.73. The first-order valence-electron chi connectivity index (χ1n) is 2.60. The zero-order valence-electron chi connectivity index (χ0n) is 4.94. The van der Waals surface area contributed by atoms with Crippen molar-refractivity contribution < 1.29 is 8.78 Å². The van der Waals surface area contributed by atoms with Crippen LogP contribution in [0.5, 0.6) is 0 Å². The quantitative estimate of drug-likeness (QED) is 0.554. The highest BCUT2D eigenvalue weighted by Crippen LogP contribution is 2.08. The normalized spacial score (nSPS) is 9.90. The molecule has 4 heteroatoms. The Balaban J connectivity index is 3.06. The van der Waals surface area contributed by atoms with Gasteiger partial charge in [0, 0.05) is 9.64 Å². The van der Waals surface area contributed by atoms with Gasteiger partial charge < -0.3 is 0 Å². The molecule has 0 amide bonds. The fourth-order valence-electron chi connectivity index (χ4n) is 0.585. The van der Waals surface area contributed by atoms with Gasteiger partial charge in [0.15, 0.2) is 0 Å². The number of hydrogen-bond donors (Lipinski definition) is 0. The Hall–Kier alpha value is -0.260. The van der Waals surface area contributed by atoms with Crippen LogP contribution in [0.3, 0.4) is 0 Å². The van der Waals surface area contributed by atoms with E-state index in [0.29, 0.717) is 3.57 Å². The van der Waals surface area contributed by atoms with Crippen molar-refractivity contribution >= 4 is 22.6 Å². The predicted molar refractivity (Wildman–Crippen MR) is 41.7 cm³/mol. The van der Waals surface area contributed by atoms with Crippen molar-refractivity contribution in [1.82, 2.24) is 4.98 Å². The number of pyridine rings is 1. The molecule has 0 unspecified atom stereocenters. The molecule has 0 radical (unpaired) electrons. The van der Waals surface area contributed by atoms with E-state index in [1.54, 1.807) is 0 Å². The van der Waals surface area contributed by atoms with Crippen molar-refractivity contribution in [2.24, 2.45) is 0 Å². The van der Waals surface area contributed by atoms with E-state index in [2.05, 4.69) is 4.98 Å². The second-order valence-corrected chi connectivity index (χ2v) is 2.98. The Morgan fingerprint density at radius 1 is 1.50 bits per heavy atom. The van der Waals surface area contributed by atoms with Gasteiger partial charge >= 0.3 is 0 Å². The first-order chi connectivity index (χ1) is 4.72. The number of aromatic nitrogens is 1. The van der Waals surface area contributed by atoms with E-state index in [9.17, 15) is 8.78 Å². The van der Waals surface area contributed by atoms with Crippen molar-refractivity contribution in [2.75, 3.05) is 0 Å². The first kappa shape index (κ1) is 7.84. The highest BCUT2D eigenvalue weighted by Gasteiger charge is 1.98. The number of hydrogen-bond acceptors (Lipinski definition) is 1. The van der Waals surface area contributed by atoms with Crippen LogP contribution in [0.4, 0.5) is 8.78 Å². The van der Waals surface area contributed by atoms with E-state index < -0.39 is 12.6 Å². The van der Waals surface area contributed by atoms with Crippen molar-refractivity contribution in [3.8, 4) is 0 Å². The van der Waals surface area contributed by atoms with Crippen LogP contribution >= 0.6 is 22.6 Å². The standard InChI is InChI=1S/C6H4F2IN/c7-3-5-1-4(9)2-6(8)10-5/h1-2H,3H2. The Morgan fingerprint density at radius 3 is 2.70 bits per heavy atom. The molecule has 0 fully saturated rings. The molecule has 0 aliphatic carbocycles. The lowest BCUT2D eigenvalue weighted by molar-refractivity contribution is 0.464. The molecule has 0 atom stereocenters. The third-order valence-corrected chi connectivity index (χ3v) is 1.57. The Kier molecular flexibility index (Phi) is 2.53. The Labute approximate surface area is 70.6 Å². The molecule has 1 aromatic rings. The molecule has 10 heavy (non-hydrogen) atoms. The zero-order chi connectivity index (χ0) is 7.56. The smallest absolute Gasteiger partial charge is 0.214 e. The van der Waals surface area contributed by atoms with Crippen LogP contribution in [-0.4, -0.2) is 4.98 Å². The van der Waals surface area contributed by atoms with Crippen molar-refractivity contribution in [1.29, 1.82) is 0 Å². The molecule has 0 saturated heterocycles. The van der Waals surface area contributed by atoms with Crippen molar-refractivity contribution in [2.45, 2.75) is 6.67 Å². The summed E-state index contributed by atoms with van der Waals surface area (Å²) in [7, 11) is 0. The summed E-state index contributed by atoms with van der Waals surface area (Å²) in [6, 6.07) is 2.75. The van der Waals surface area contributed by atoms with Gasteiger partial charge in [-0.1, -0.05) is 0 Å². The molecule has 0 aliphatic heterocycles. The summed E-state index contributed by atoms with van der Waals surface area (Å²) in [5.41, 5.74) is 0.143. The Morgan fingerprint density at radius 2 is 2.20 bits per heavy atom. The molecular weight excluding hydrogens is 251 g/mol. The molecule has 54 valence electrons. The van der Waals surface area contributed by atoms with E-state index in [1.165, 1.54) is 12.1 Å². The van der Waals surface area contributed by atoms with E-state index >= 15 is 0 Å². The minimum Gasteiger partial charge on any atom is -0.244 e. The average Bonchev–Trinajstić information content (AvgIpc) is 1.85. The minimum atomic E-state index is -0.715. The molecule has 0 aliphatic rings. The molecule has 0 aromatic carbocycles. The van der Waals surface area contributed by atoms with Gasteiger partial charge in [-0.15, -0.1) is 0 Å². The van der Waals surface area contributed by atoms with E-state index in [0.717, 1.165) is 0 Å². The van der Waals surface area contributed by atoms with Gasteiger partial charge in [0.05, 0.1) is 5.69 Å².